The molecule has 32 heavy (non-hydrogen) atoms. The zero-order chi connectivity index (χ0) is 22.8. The van der Waals surface area contributed by atoms with Gasteiger partial charge in [-0.15, -0.1) is 0 Å². The van der Waals surface area contributed by atoms with Crippen molar-refractivity contribution < 1.29 is 28.2 Å². The third-order valence-electron chi connectivity index (χ3n) is 5.24. The van der Waals surface area contributed by atoms with Crippen LogP contribution in [0.5, 0.6) is 5.75 Å². The van der Waals surface area contributed by atoms with Gasteiger partial charge in [0.15, 0.2) is 11.6 Å². The molecular weight excluding hydrogens is 418 g/mol. The number of hydrogen-bond acceptors (Lipinski definition) is 5. The van der Waals surface area contributed by atoms with Crippen molar-refractivity contribution >= 4 is 17.4 Å². The Hall–Kier alpha value is -4.07. The number of aliphatic hydroxyl groups is 1. The molecule has 0 radical (unpaired) electrons. The lowest BCUT2D eigenvalue weighted by Crippen LogP contribution is -2.29. The first-order valence-corrected chi connectivity index (χ1v) is 9.68. The highest BCUT2D eigenvalue weighted by atomic mass is 19.1. The lowest BCUT2D eigenvalue weighted by Gasteiger charge is -2.25. The standard InChI is InChI=1S/C24H18F2N2O4/c1-32-19-9-8-15(11-18(19)26)22(29)20-21(16-6-2-3-7-17(16)25)28(24(31)23(20)30)13-14-5-4-10-27-12-14/h2-12,21,29H,13H2,1H3/t21-/m1/s1. The first-order chi connectivity index (χ1) is 15.4. The number of rotatable bonds is 5. The van der Waals surface area contributed by atoms with E-state index in [1.807, 2.05) is 0 Å². The second kappa shape index (κ2) is 8.58. The number of halogens is 2. The van der Waals surface area contributed by atoms with Crippen LogP contribution in [0.3, 0.4) is 0 Å². The number of nitrogens with zero attached hydrogens (tertiary/aromatic N) is 2. The molecule has 0 bridgehead atoms. The minimum Gasteiger partial charge on any atom is -0.507 e. The molecule has 1 N–H and O–H groups in total. The number of amides is 1. The van der Waals surface area contributed by atoms with Crippen molar-refractivity contribution in [3.63, 3.8) is 0 Å². The zero-order valence-corrected chi connectivity index (χ0v) is 17.0. The van der Waals surface area contributed by atoms with Gasteiger partial charge >= 0.3 is 0 Å². The number of aliphatic hydroxyl groups excluding tert-OH is 1. The van der Waals surface area contributed by atoms with E-state index >= 15 is 0 Å². The van der Waals surface area contributed by atoms with Gasteiger partial charge in [0.1, 0.15) is 11.6 Å². The minimum absolute atomic E-state index is 0.0334. The fourth-order valence-electron chi connectivity index (χ4n) is 3.72. The topological polar surface area (TPSA) is 79.7 Å². The number of pyridine rings is 1. The number of ether oxygens (including phenoxy) is 1. The molecule has 0 aliphatic carbocycles. The molecule has 1 fully saturated rings. The van der Waals surface area contributed by atoms with Gasteiger partial charge in [0, 0.05) is 30.1 Å². The Morgan fingerprint density at radius 3 is 2.53 bits per heavy atom. The van der Waals surface area contributed by atoms with E-state index in [0.717, 1.165) is 6.07 Å². The van der Waals surface area contributed by atoms with Gasteiger partial charge in [-0.3, -0.25) is 14.6 Å². The highest BCUT2D eigenvalue weighted by Gasteiger charge is 2.47. The minimum atomic E-state index is -1.21. The zero-order valence-electron chi connectivity index (χ0n) is 17.0. The maximum atomic E-state index is 14.8. The van der Waals surface area contributed by atoms with Crippen LogP contribution < -0.4 is 4.74 Å². The highest BCUT2D eigenvalue weighted by Crippen LogP contribution is 2.41. The summed E-state index contributed by atoms with van der Waals surface area (Å²) in [5, 5.41) is 10.9. The second-order valence-corrected chi connectivity index (χ2v) is 7.16. The van der Waals surface area contributed by atoms with E-state index in [1.165, 1.54) is 48.5 Å². The Balaban J connectivity index is 1.89. The predicted molar refractivity (Wildman–Crippen MR) is 111 cm³/mol. The van der Waals surface area contributed by atoms with E-state index in [0.29, 0.717) is 5.56 Å². The van der Waals surface area contributed by atoms with Gasteiger partial charge in [-0.05, 0) is 35.9 Å². The highest BCUT2D eigenvalue weighted by molar-refractivity contribution is 6.46. The van der Waals surface area contributed by atoms with Crippen LogP contribution in [0.2, 0.25) is 0 Å². The average molecular weight is 436 g/mol. The van der Waals surface area contributed by atoms with Crippen LogP contribution in [0.1, 0.15) is 22.7 Å². The fraction of sp³-hybridized carbons (Fsp3) is 0.125. The van der Waals surface area contributed by atoms with Gasteiger partial charge in [-0.2, -0.15) is 0 Å². The molecule has 1 atom stereocenters. The third-order valence-corrected chi connectivity index (χ3v) is 5.24. The largest absolute Gasteiger partial charge is 0.507 e. The Labute approximate surface area is 182 Å². The van der Waals surface area contributed by atoms with Gasteiger partial charge in [0.05, 0.1) is 18.7 Å². The van der Waals surface area contributed by atoms with Crippen molar-refractivity contribution in [3.8, 4) is 5.75 Å². The molecule has 1 amide bonds. The quantitative estimate of drug-likeness (QED) is 0.372. The first-order valence-electron chi connectivity index (χ1n) is 9.68. The van der Waals surface area contributed by atoms with Crippen LogP contribution in [0.4, 0.5) is 8.78 Å². The Morgan fingerprint density at radius 1 is 1.09 bits per heavy atom. The smallest absolute Gasteiger partial charge is 0.295 e. The van der Waals surface area contributed by atoms with Crippen molar-refractivity contribution in [1.29, 1.82) is 0 Å². The number of likely N-dealkylation sites (tertiary alicyclic amines) is 1. The summed E-state index contributed by atoms with van der Waals surface area (Å²) < 4.78 is 33.9. The summed E-state index contributed by atoms with van der Waals surface area (Å²) in [5.74, 6) is -3.96. The van der Waals surface area contributed by atoms with Crippen molar-refractivity contribution in [2.24, 2.45) is 0 Å². The van der Waals surface area contributed by atoms with Crippen LogP contribution in [-0.2, 0) is 16.1 Å². The molecule has 0 unspecified atom stereocenters. The summed E-state index contributed by atoms with van der Waals surface area (Å²) in [6, 6.07) is 11.5. The number of methoxy groups -OCH3 is 1. The average Bonchev–Trinajstić information content (AvgIpc) is 3.04. The first kappa shape index (κ1) is 21.2. The van der Waals surface area contributed by atoms with Crippen molar-refractivity contribution in [3.05, 3.63) is 101 Å². The van der Waals surface area contributed by atoms with Crippen LogP contribution in [-0.4, -0.2) is 33.8 Å². The number of hydrogen-bond donors (Lipinski definition) is 1. The Kier molecular flexibility index (Phi) is 5.68. The van der Waals surface area contributed by atoms with Crippen molar-refractivity contribution in [2.45, 2.75) is 12.6 Å². The van der Waals surface area contributed by atoms with Crippen molar-refractivity contribution in [2.75, 3.05) is 7.11 Å². The Morgan fingerprint density at radius 2 is 1.88 bits per heavy atom. The van der Waals surface area contributed by atoms with Crippen LogP contribution in [0.15, 0.2) is 72.6 Å². The molecule has 162 valence electrons. The molecule has 4 rings (SSSR count). The van der Waals surface area contributed by atoms with Gasteiger partial charge < -0.3 is 14.7 Å². The second-order valence-electron chi connectivity index (χ2n) is 7.16. The lowest BCUT2D eigenvalue weighted by atomic mass is 9.94. The number of aromatic nitrogens is 1. The van der Waals surface area contributed by atoms with E-state index in [2.05, 4.69) is 4.98 Å². The molecule has 0 spiro atoms. The number of benzene rings is 2. The molecule has 0 saturated carbocycles. The molecule has 2 heterocycles. The monoisotopic (exact) mass is 436 g/mol. The van der Waals surface area contributed by atoms with E-state index in [-0.39, 0.29) is 29.0 Å². The maximum Gasteiger partial charge on any atom is 0.295 e. The molecule has 1 aromatic heterocycles. The SMILES string of the molecule is COc1ccc(C(O)=C2C(=O)C(=O)N(Cc3cccnc3)[C@@H]2c2ccccc2F)cc1F. The summed E-state index contributed by atoms with van der Waals surface area (Å²) >= 11 is 0. The molecule has 8 heteroatoms. The summed E-state index contributed by atoms with van der Waals surface area (Å²) in [5.41, 5.74) is 0.287. The summed E-state index contributed by atoms with van der Waals surface area (Å²) in [7, 11) is 1.29. The van der Waals surface area contributed by atoms with Gasteiger partial charge in [0.25, 0.3) is 11.7 Å². The lowest BCUT2D eigenvalue weighted by molar-refractivity contribution is -0.140. The number of carbonyl (C=O) groups is 2. The third kappa shape index (κ3) is 3.71. The van der Waals surface area contributed by atoms with Crippen LogP contribution in [0.25, 0.3) is 5.76 Å². The fourth-order valence-corrected chi connectivity index (χ4v) is 3.72. The number of carbonyl (C=O) groups excluding carboxylic acids is 2. The van der Waals surface area contributed by atoms with E-state index in [1.54, 1.807) is 24.4 Å². The maximum absolute atomic E-state index is 14.8. The van der Waals surface area contributed by atoms with Crippen LogP contribution >= 0.6 is 0 Å². The van der Waals surface area contributed by atoms with Gasteiger partial charge in [-0.25, -0.2) is 8.78 Å². The summed E-state index contributed by atoms with van der Waals surface area (Å²) in [4.78, 5) is 31.0. The predicted octanol–water partition coefficient (Wildman–Crippen LogP) is 3.99. The number of ketones is 1. The molecule has 6 nitrogen and oxygen atoms in total. The molecule has 1 saturated heterocycles. The van der Waals surface area contributed by atoms with E-state index in [9.17, 15) is 23.5 Å². The molecular formula is C24H18F2N2O4. The molecule has 1 aliphatic heterocycles. The number of Topliss-reactive ketones (excluding diaryl/α,β-unsaturated/α-hetero) is 1. The van der Waals surface area contributed by atoms with Gasteiger partial charge in [0.2, 0.25) is 0 Å². The van der Waals surface area contributed by atoms with E-state index in [4.69, 9.17) is 4.74 Å². The molecule has 2 aromatic carbocycles. The van der Waals surface area contributed by atoms with Crippen molar-refractivity contribution in [1.82, 2.24) is 9.88 Å². The Bertz CT molecular complexity index is 1230. The normalized spacial score (nSPS) is 17.6. The van der Waals surface area contributed by atoms with E-state index < -0.39 is 35.1 Å². The molecule has 3 aromatic rings. The summed E-state index contributed by atoms with van der Waals surface area (Å²) in [6.45, 7) is -0.0365. The molecule has 1 aliphatic rings. The van der Waals surface area contributed by atoms with Crippen LogP contribution in [0, 0.1) is 11.6 Å². The summed E-state index contributed by atoms with van der Waals surface area (Å²) in [6.07, 6.45) is 3.08. The van der Waals surface area contributed by atoms with Gasteiger partial charge in [-0.1, -0.05) is 24.3 Å².